The van der Waals surface area contributed by atoms with Crippen molar-refractivity contribution >= 4 is 11.6 Å². The summed E-state index contributed by atoms with van der Waals surface area (Å²) in [7, 11) is 1.59. The summed E-state index contributed by atoms with van der Waals surface area (Å²) in [5.74, 6) is 0.998. The maximum absolute atomic E-state index is 11.9. The summed E-state index contributed by atoms with van der Waals surface area (Å²) in [6, 6.07) is 9.08. The van der Waals surface area contributed by atoms with E-state index < -0.39 is 0 Å². The molecule has 0 aliphatic heterocycles. The van der Waals surface area contributed by atoms with Crippen molar-refractivity contribution in [3.8, 4) is 11.5 Å². The number of nitrogen functional groups attached to an aromatic ring is 1. The highest BCUT2D eigenvalue weighted by atomic mass is 16.5. The van der Waals surface area contributed by atoms with Crippen LogP contribution in [-0.2, 0) is 0 Å². The van der Waals surface area contributed by atoms with Gasteiger partial charge in [-0.2, -0.15) is 0 Å². The van der Waals surface area contributed by atoms with Gasteiger partial charge in [0.25, 0.3) is 5.91 Å². The number of hydrogen-bond donors (Lipinski definition) is 2. The van der Waals surface area contributed by atoms with Gasteiger partial charge in [-0.15, -0.1) is 0 Å². The molecule has 0 radical (unpaired) electrons. The molecule has 2 aromatic rings. The number of carbonyl (C=O) groups is 1. The topological polar surface area (TPSA) is 64.4 Å². The van der Waals surface area contributed by atoms with Crippen LogP contribution in [0, 0.1) is 20.8 Å². The lowest BCUT2D eigenvalue weighted by atomic mass is 10.1. The Kier molecular flexibility index (Phi) is 4.17. The highest BCUT2D eigenvalue weighted by molar-refractivity contribution is 5.97. The predicted molar refractivity (Wildman–Crippen MR) is 85.0 cm³/mol. The minimum absolute atomic E-state index is 0.202. The molecule has 4 heteroatoms. The van der Waals surface area contributed by atoms with Crippen LogP contribution in [0.4, 0.5) is 5.69 Å². The molecule has 0 unspecified atom stereocenters. The van der Waals surface area contributed by atoms with Crippen LogP contribution in [0.2, 0.25) is 0 Å². The Hall–Kier alpha value is -2.49. The first-order valence-corrected chi connectivity index (χ1v) is 6.79. The summed E-state index contributed by atoms with van der Waals surface area (Å²) in [4.78, 5) is 11.9. The molecule has 0 aromatic heterocycles. The average Bonchev–Trinajstić information content (AvgIpc) is 2.43. The van der Waals surface area contributed by atoms with Gasteiger partial charge < -0.3 is 15.8 Å². The number of benzene rings is 2. The molecule has 0 aliphatic carbocycles. The number of hydrogen-bond acceptors (Lipinski definition) is 3. The van der Waals surface area contributed by atoms with Crippen molar-refractivity contribution in [2.45, 2.75) is 20.8 Å². The molecular weight excluding hydrogens is 264 g/mol. The minimum atomic E-state index is -0.202. The van der Waals surface area contributed by atoms with E-state index >= 15 is 0 Å². The molecule has 4 nitrogen and oxygen atoms in total. The number of nitrogens with one attached hydrogen (secondary N) is 1. The summed E-state index contributed by atoms with van der Waals surface area (Å²) in [6.07, 6.45) is 0. The van der Waals surface area contributed by atoms with E-state index in [1.165, 1.54) is 0 Å². The Morgan fingerprint density at radius 1 is 1.10 bits per heavy atom. The van der Waals surface area contributed by atoms with E-state index in [9.17, 15) is 4.79 Å². The molecule has 0 saturated heterocycles. The van der Waals surface area contributed by atoms with Gasteiger partial charge in [-0.1, -0.05) is 6.07 Å². The zero-order valence-electron chi connectivity index (χ0n) is 12.8. The van der Waals surface area contributed by atoms with E-state index in [2.05, 4.69) is 11.4 Å². The number of ether oxygens (including phenoxy) is 1. The van der Waals surface area contributed by atoms with Crippen LogP contribution in [-0.4, -0.2) is 13.0 Å². The number of aryl methyl sites for hydroxylation is 2. The highest BCUT2D eigenvalue weighted by Crippen LogP contribution is 2.31. The van der Waals surface area contributed by atoms with E-state index in [4.69, 9.17) is 10.5 Å². The van der Waals surface area contributed by atoms with Crippen molar-refractivity contribution in [1.82, 2.24) is 5.32 Å². The highest BCUT2D eigenvalue weighted by Gasteiger charge is 2.14. The second-order valence-electron chi connectivity index (χ2n) is 5.14. The third-order valence-corrected chi connectivity index (χ3v) is 3.46. The van der Waals surface area contributed by atoms with E-state index in [-0.39, 0.29) is 5.91 Å². The fourth-order valence-corrected chi connectivity index (χ4v) is 2.17. The summed E-state index contributed by atoms with van der Waals surface area (Å²) in [5, 5.41) is 2.60. The maximum atomic E-state index is 11.9. The first-order valence-electron chi connectivity index (χ1n) is 6.79. The summed E-state index contributed by atoms with van der Waals surface area (Å²) >= 11 is 0. The van der Waals surface area contributed by atoms with Crippen molar-refractivity contribution in [2.24, 2.45) is 0 Å². The van der Waals surface area contributed by atoms with Crippen LogP contribution >= 0.6 is 0 Å². The van der Waals surface area contributed by atoms with E-state index in [1.54, 1.807) is 25.2 Å². The molecule has 0 fully saturated rings. The largest absolute Gasteiger partial charge is 0.456 e. The molecular formula is C17H20N2O2. The van der Waals surface area contributed by atoms with E-state index in [0.29, 0.717) is 17.0 Å². The van der Waals surface area contributed by atoms with Gasteiger partial charge in [0.2, 0.25) is 0 Å². The molecule has 110 valence electrons. The molecule has 0 aliphatic rings. The van der Waals surface area contributed by atoms with Gasteiger partial charge in [0.05, 0.1) is 5.56 Å². The first-order chi connectivity index (χ1) is 9.92. The van der Waals surface area contributed by atoms with Gasteiger partial charge in [-0.25, -0.2) is 0 Å². The van der Waals surface area contributed by atoms with E-state index in [0.717, 1.165) is 22.4 Å². The van der Waals surface area contributed by atoms with Crippen LogP contribution in [0.5, 0.6) is 11.5 Å². The molecule has 21 heavy (non-hydrogen) atoms. The van der Waals surface area contributed by atoms with Gasteiger partial charge in [0.15, 0.2) is 0 Å². The van der Waals surface area contributed by atoms with Gasteiger partial charge in [0, 0.05) is 18.8 Å². The number of nitrogens with two attached hydrogens (primary N) is 1. The van der Waals surface area contributed by atoms with Crippen molar-refractivity contribution in [3.05, 3.63) is 52.6 Å². The lowest BCUT2D eigenvalue weighted by Gasteiger charge is -2.15. The normalized spacial score (nSPS) is 10.3. The number of amides is 1. The number of rotatable bonds is 3. The SMILES string of the molecule is CNC(=O)c1ccc(N)cc1Oc1cc(C)cc(C)c1C. The number of anilines is 1. The molecule has 0 atom stereocenters. The third-order valence-electron chi connectivity index (χ3n) is 3.46. The number of carbonyl (C=O) groups excluding carboxylic acids is 1. The molecule has 0 bridgehead atoms. The van der Waals surface area contributed by atoms with Crippen molar-refractivity contribution in [3.63, 3.8) is 0 Å². The zero-order chi connectivity index (χ0) is 15.6. The van der Waals surface area contributed by atoms with Crippen molar-refractivity contribution in [2.75, 3.05) is 12.8 Å². The van der Waals surface area contributed by atoms with Crippen molar-refractivity contribution < 1.29 is 9.53 Å². The second kappa shape index (κ2) is 5.87. The van der Waals surface area contributed by atoms with Crippen LogP contribution in [0.3, 0.4) is 0 Å². The van der Waals surface area contributed by atoms with Crippen LogP contribution in [0.25, 0.3) is 0 Å². The summed E-state index contributed by atoms with van der Waals surface area (Å²) < 4.78 is 5.96. The molecule has 0 spiro atoms. The lowest BCUT2D eigenvalue weighted by molar-refractivity contribution is 0.0961. The molecule has 3 N–H and O–H groups in total. The Morgan fingerprint density at radius 3 is 2.48 bits per heavy atom. The fraction of sp³-hybridized carbons (Fsp3) is 0.235. The first kappa shape index (κ1) is 14.9. The molecule has 0 saturated carbocycles. The molecule has 1 amide bonds. The minimum Gasteiger partial charge on any atom is -0.456 e. The van der Waals surface area contributed by atoms with Gasteiger partial charge in [-0.3, -0.25) is 4.79 Å². The molecule has 2 aromatic carbocycles. The average molecular weight is 284 g/mol. The Bertz CT molecular complexity index is 693. The second-order valence-corrected chi connectivity index (χ2v) is 5.14. The fourth-order valence-electron chi connectivity index (χ4n) is 2.17. The smallest absolute Gasteiger partial charge is 0.254 e. The van der Waals surface area contributed by atoms with Gasteiger partial charge >= 0.3 is 0 Å². The quantitative estimate of drug-likeness (QED) is 0.850. The Morgan fingerprint density at radius 2 is 1.81 bits per heavy atom. The zero-order valence-corrected chi connectivity index (χ0v) is 12.8. The molecule has 0 heterocycles. The lowest BCUT2D eigenvalue weighted by Crippen LogP contribution is -2.18. The van der Waals surface area contributed by atoms with Crippen LogP contribution < -0.4 is 15.8 Å². The molecule has 2 rings (SSSR count). The Labute approximate surface area is 124 Å². The third kappa shape index (κ3) is 3.16. The van der Waals surface area contributed by atoms with Crippen LogP contribution in [0.1, 0.15) is 27.0 Å². The maximum Gasteiger partial charge on any atom is 0.254 e. The summed E-state index contributed by atoms with van der Waals surface area (Å²) in [5.41, 5.74) is 10.1. The van der Waals surface area contributed by atoms with Crippen LogP contribution in [0.15, 0.2) is 30.3 Å². The predicted octanol–water partition coefficient (Wildman–Crippen LogP) is 3.35. The van der Waals surface area contributed by atoms with Crippen molar-refractivity contribution in [1.29, 1.82) is 0 Å². The van der Waals surface area contributed by atoms with Gasteiger partial charge in [0.1, 0.15) is 11.5 Å². The standard InChI is InChI=1S/C17H20N2O2/c1-10-7-11(2)12(3)15(8-10)21-16-9-13(18)5-6-14(16)17(20)19-4/h5-9H,18H2,1-4H3,(H,19,20). The monoisotopic (exact) mass is 284 g/mol. The van der Waals surface area contributed by atoms with Gasteiger partial charge in [-0.05, 0) is 55.7 Å². The van der Waals surface area contributed by atoms with E-state index in [1.807, 2.05) is 26.8 Å². The summed E-state index contributed by atoms with van der Waals surface area (Å²) in [6.45, 7) is 6.04. The Balaban J connectivity index is 2.49.